The number of aliphatic hydroxyl groups is 1. The van der Waals surface area contributed by atoms with Gasteiger partial charge in [-0.25, -0.2) is 9.18 Å². The third-order valence-corrected chi connectivity index (χ3v) is 4.31. The van der Waals surface area contributed by atoms with Crippen LogP contribution in [0.4, 0.5) is 14.9 Å². The number of likely N-dealkylation sites (tertiary alicyclic amines) is 1. The number of carbonyl (C=O) groups is 3. The minimum absolute atomic E-state index is 0.0159. The van der Waals surface area contributed by atoms with Crippen LogP contribution in [0.5, 0.6) is 5.75 Å². The molecule has 9 nitrogen and oxygen atoms in total. The molecule has 2 fully saturated rings. The molecule has 3 amide bonds. The summed E-state index contributed by atoms with van der Waals surface area (Å²) in [4.78, 5) is 36.9. The Kier molecular flexibility index (Phi) is 5.45. The standard InChI is InChI=1S/C17H20FN3O6/c1-10(23)19-5-12-8-21(17(25)27-12)11-2-3-15(14(18)4-11)26-13-6-20(7-13)16(24)9-22/h2-4,12-13,22H,5-9H2,1H3,(H,19,23). The number of hydrogen-bond acceptors (Lipinski definition) is 6. The topological polar surface area (TPSA) is 108 Å². The van der Waals surface area contributed by atoms with Gasteiger partial charge in [0.05, 0.1) is 31.9 Å². The zero-order valence-corrected chi connectivity index (χ0v) is 14.7. The molecule has 27 heavy (non-hydrogen) atoms. The normalized spacial score (nSPS) is 19.5. The van der Waals surface area contributed by atoms with E-state index in [2.05, 4.69) is 5.32 Å². The number of ether oxygens (including phenoxy) is 2. The number of benzene rings is 1. The van der Waals surface area contributed by atoms with E-state index in [1.165, 1.54) is 34.9 Å². The number of carbonyl (C=O) groups excluding carboxylic acids is 3. The monoisotopic (exact) mass is 381 g/mol. The Bertz CT molecular complexity index is 752. The van der Waals surface area contributed by atoms with Crippen molar-refractivity contribution >= 4 is 23.6 Å². The van der Waals surface area contributed by atoms with Crippen molar-refractivity contribution < 1.29 is 33.4 Å². The third kappa shape index (κ3) is 4.27. The zero-order valence-electron chi connectivity index (χ0n) is 14.7. The molecule has 0 radical (unpaired) electrons. The van der Waals surface area contributed by atoms with E-state index in [1.54, 1.807) is 0 Å². The second-order valence-electron chi connectivity index (χ2n) is 6.36. The molecule has 2 aliphatic rings. The fourth-order valence-electron chi connectivity index (χ4n) is 2.85. The summed E-state index contributed by atoms with van der Waals surface area (Å²) < 4.78 is 25.0. The number of anilines is 1. The summed E-state index contributed by atoms with van der Waals surface area (Å²) in [5.74, 6) is -1.25. The van der Waals surface area contributed by atoms with Crippen molar-refractivity contribution in [3.63, 3.8) is 0 Å². The summed E-state index contributed by atoms with van der Waals surface area (Å²) >= 11 is 0. The average molecular weight is 381 g/mol. The van der Waals surface area contributed by atoms with Gasteiger partial charge in [-0.05, 0) is 12.1 Å². The lowest BCUT2D eigenvalue weighted by Gasteiger charge is -2.38. The fourth-order valence-corrected chi connectivity index (χ4v) is 2.85. The summed E-state index contributed by atoms with van der Waals surface area (Å²) in [5, 5.41) is 11.3. The van der Waals surface area contributed by atoms with E-state index in [4.69, 9.17) is 14.6 Å². The van der Waals surface area contributed by atoms with E-state index < -0.39 is 30.5 Å². The predicted octanol–water partition coefficient (Wildman–Crippen LogP) is -0.131. The minimum atomic E-state index is -0.641. The van der Waals surface area contributed by atoms with Crippen LogP contribution >= 0.6 is 0 Å². The van der Waals surface area contributed by atoms with Gasteiger partial charge in [0.1, 0.15) is 18.8 Å². The Morgan fingerprint density at radius 1 is 1.37 bits per heavy atom. The van der Waals surface area contributed by atoms with Gasteiger partial charge in [-0.1, -0.05) is 0 Å². The van der Waals surface area contributed by atoms with Crippen LogP contribution in [0.1, 0.15) is 6.92 Å². The van der Waals surface area contributed by atoms with Crippen molar-refractivity contribution in [2.24, 2.45) is 0 Å². The Morgan fingerprint density at radius 2 is 2.11 bits per heavy atom. The van der Waals surface area contributed by atoms with Gasteiger partial charge in [0.2, 0.25) is 11.8 Å². The molecule has 0 aromatic heterocycles. The van der Waals surface area contributed by atoms with E-state index in [1.807, 2.05) is 0 Å². The maximum Gasteiger partial charge on any atom is 0.414 e. The number of rotatable bonds is 6. The Balaban J connectivity index is 1.58. The largest absolute Gasteiger partial charge is 0.484 e. The smallest absolute Gasteiger partial charge is 0.414 e. The van der Waals surface area contributed by atoms with Gasteiger partial charge in [-0.3, -0.25) is 14.5 Å². The Labute approximate surface area is 154 Å². The van der Waals surface area contributed by atoms with Crippen LogP contribution in [0.2, 0.25) is 0 Å². The van der Waals surface area contributed by atoms with Gasteiger partial charge in [0.15, 0.2) is 11.6 Å². The molecule has 1 atom stereocenters. The van der Waals surface area contributed by atoms with Gasteiger partial charge in [-0.15, -0.1) is 0 Å². The number of cyclic esters (lactones) is 1. The average Bonchev–Trinajstić information content (AvgIpc) is 2.97. The van der Waals surface area contributed by atoms with Crippen LogP contribution in [0.15, 0.2) is 18.2 Å². The van der Waals surface area contributed by atoms with Gasteiger partial charge in [0.25, 0.3) is 0 Å². The second-order valence-corrected chi connectivity index (χ2v) is 6.36. The van der Waals surface area contributed by atoms with Crippen LogP contribution in [0, 0.1) is 5.82 Å². The van der Waals surface area contributed by atoms with Crippen molar-refractivity contribution in [1.82, 2.24) is 10.2 Å². The second kappa shape index (κ2) is 7.78. The molecule has 0 saturated carbocycles. The third-order valence-electron chi connectivity index (χ3n) is 4.31. The molecular formula is C17H20FN3O6. The molecule has 2 N–H and O–H groups in total. The molecule has 1 aromatic rings. The highest BCUT2D eigenvalue weighted by Crippen LogP contribution is 2.28. The van der Waals surface area contributed by atoms with E-state index in [0.717, 1.165) is 0 Å². The van der Waals surface area contributed by atoms with Crippen LogP contribution < -0.4 is 15.0 Å². The quantitative estimate of drug-likeness (QED) is 0.711. The van der Waals surface area contributed by atoms with Crippen molar-refractivity contribution in [2.45, 2.75) is 19.1 Å². The number of amides is 3. The zero-order chi connectivity index (χ0) is 19.6. The van der Waals surface area contributed by atoms with Crippen LogP contribution in [-0.4, -0.2) is 72.9 Å². The number of halogens is 1. The molecule has 0 bridgehead atoms. The van der Waals surface area contributed by atoms with Gasteiger partial charge >= 0.3 is 6.09 Å². The summed E-state index contributed by atoms with van der Waals surface area (Å²) in [7, 11) is 0. The van der Waals surface area contributed by atoms with E-state index in [0.29, 0.717) is 5.69 Å². The first-order valence-corrected chi connectivity index (χ1v) is 8.44. The first kappa shape index (κ1) is 18.9. The first-order valence-electron chi connectivity index (χ1n) is 8.44. The molecular weight excluding hydrogens is 361 g/mol. The molecule has 146 valence electrons. The lowest BCUT2D eigenvalue weighted by atomic mass is 10.1. The number of nitrogens with one attached hydrogen (secondary N) is 1. The molecule has 0 aliphatic carbocycles. The lowest BCUT2D eigenvalue weighted by molar-refractivity contribution is -0.143. The van der Waals surface area contributed by atoms with E-state index in [9.17, 15) is 18.8 Å². The molecule has 1 aromatic carbocycles. The van der Waals surface area contributed by atoms with E-state index >= 15 is 0 Å². The molecule has 0 spiro atoms. The maximum atomic E-state index is 14.3. The SMILES string of the molecule is CC(=O)NCC1CN(c2ccc(OC3CN(C(=O)CO)C3)c(F)c2)C(=O)O1. The molecule has 2 heterocycles. The van der Waals surface area contributed by atoms with Crippen LogP contribution in [-0.2, 0) is 14.3 Å². The van der Waals surface area contributed by atoms with Crippen LogP contribution in [0.25, 0.3) is 0 Å². The van der Waals surface area contributed by atoms with Crippen molar-refractivity contribution in [3.8, 4) is 5.75 Å². The highest BCUT2D eigenvalue weighted by molar-refractivity contribution is 5.90. The van der Waals surface area contributed by atoms with Crippen molar-refractivity contribution in [3.05, 3.63) is 24.0 Å². The Morgan fingerprint density at radius 3 is 2.74 bits per heavy atom. The Hall–Kier alpha value is -2.88. The summed E-state index contributed by atoms with van der Waals surface area (Å²) in [6, 6.07) is 4.12. The van der Waals surface area contributed by atoms with Crippen LogP contribution in [0.3, 0.4) is 0 Å². The van der Waals surface area contributed by atoms with Gasteiger partial charge in [0, 0.05) is 13.0 Å². The first-order chi connectivity index (χ1) is 12.9. The van der Waals surface area contributed by atoms with Gasteiger partial charge < -0.3 is 24.8 Å². The van der Waals surface area contributed by atoms with Crippen molar-refractivity contribution in [2.75, 3.05) is 37.7 Å². The van der Waals surface area contributed by atoms with Gasteiger partial charge in [-0.2, -0.15) is 0 Å². The summed E-state index contributed by atoms with van der Waals surface area (Å²) in [5.41, 5.74) is 0.320. The molecule has 2 saturated heterocycles. The molecule has 1 unspecified atom stereocenters. The maximum absolute atomic E-state index is 14.3. The highest BCUT2D eigenvalue weighted by Gasteiger charge is 2.34. The fraction of sp³-hybridized carbons (Fsp3) is 0.471. The summed E-state index contributed by atoms with van der Waals surface area (Å²) in [6.45, 7) is 1.74. The number of aliphatic hydroxyl groups excluding tert-OH is 1. The molecule has 3 rings (SSSR count). The highest BCUT2D eigenvalue weighted by atomic mass is 19.1. The van der Waals surface area contributed by atoms with Crippen molar-refractivity contribution in [1.29, 1.82) is 0 Å². The summed E-state index contributed by atoms with van der Waals surface area (Å²) in [6.07, 6.45) is -1.47. The lowest BCUT2D eigenvalue weighted by Crippen LogP contribution is -2.57. The van der Waals surface area contributed by atoms with E-state index in [-0.39, 0.29) is 43.9 Å². The molecule has 2 aliphatic heterocycles. The molecule has 10 heteroatoms. The number of hydrogen-bond donors (Lipinski definition) is 2. The minimum Gasteiger partial charge on any atom is -0.484 e. The number of nitrogens with zero attached hydrogens (tertiary/aromatic N) is 2. The predicted molar refractivity (Wildman–Crippen MR) is 90.8 cm³/mol.